The third-order valence-electron chi connectivity index (χ3n) is 3.52. The zero-order chi connectivity index (χ0) is 13.4. The molecular weight excluding hydrogens is 261 g/mol. The molecule has 0 fully saturated rings. The van der Waals surface area contributed by atoms with Crippen LogP contribution in [0.1, 0.15) is 28.6 Å². The molecule has 1 aliphatic heterocycles. The van der Waals surface area contributed by atoms with Gasteiger partial charge in [-0.25, -0.2) is 4.39 Å². The van der Waals surface area contributed by atoms with Gasteiger partial charge in [0.2, 0.25) is 0 Å². The molecule has 3 rings (SSSR count). The molecule has 2 aromatic rings. The van der Waals surface area contributed by atoms with E-state index >= 15 is 0 Å². The van der Waals surface area contributed by atoms with Crippen LogP contribution in [0.3, 0.4) is 0 Å². The van der Waals surface area contributed by atoms with Gasteiger partial charge < -0.3 is 4.90 Å². The first kappa shape index (κ1) is 12.4. The van der Waals surface area contributed by atoms with E-state index in [0.717, 1.165) is 29.0 Å². The van der Waals surface area contributed by atoms with Gasteiger partial charge in [-0.1, -0.05) is 6.07 Å². The van der Waals surface area contributed by atoms with Crippen molar-refractivity contribution in [3.05, 3.63) is 52.0 Å². The Labute approximate surface area is 115 Å². The molecule has 2 heterocycles. The molecular formula is C15H14FNOS. The van der Waals surface area contributed by atoms with Crippen molar-refractivity contribution < 1.29 is 9.18 Å². The first-order valence-corrected chi connectivity index (χ1v) is 7.20. The van der Waals surface area contributed by atoms with Crippen molar-refractivity contribution in [2.45, 2.75) is 25.8 Å². The lowest BCUT2D eigenvalue weighted by Gasteiger charge is -2.35. The fraction of sp³-hybridized carbons (Fsp3) is 0.267. The van der Waals surface area contributed by atoms with Crippen molar-refractivity contribution in [1.82, 2.24) is 0 Å². The van der Waals surface area contributed by atoms with Gasteiger partial charge in [0.1, 0.15) is 5.82 Å². The van der Waals surface area contributed by atoms with Crippen LogP contribution in [-0.2, 0) is 6.42 Å². The summed E-state index contributed by atoms with van der Waals surface area (Å²) in [4.78, 5) is 15.1. The van der Waals surface area contributed by atoms with Gasteiger partial charge in [-0.05, 0) is 55.0 Å². The zero-order valence-electron chi connectivity index (χ0n) is 10.6. The Hall–Kier alpha value is -1.68. The minimum absolute atomic E-state index is 0.00931. The van der Waals surface area contributed by atoms with Gasteiger partial charge in [0.25, 0.3) is 5.91 Å². The van der Waals surface area contributed by atoms with E-state index in [-0.39, 0.29) is 17.8 Å². The molecule has 0 radical (unpaired) electrons. The van der Waals surface area contributed by atoms with Gasteiger partial charge in [-0.2, -0.15) is 0 Å². The van der Waals surface area contributed by atoms with Crippen molar-refractivity contribution in [1.29, 1.82) is 0 Å². The number of rotatable bonds is 1. The number of carbonyl (C=O) groups excluding carboxylic acids is 1. The monoisotopic (exact) mass is 275 g/mol. The van der Waals surface area contributed by atoms with Crippen LogP contribution in [0.5, 0.6) is 0 Å². The lowest BCUT2D eigenvalue weighted by molar-refractivity contribution is 0.0979. The van der Waals surface area contributed by atoms with Crippen LogP contribution in [0, 0.1) is 5.82 Å². The third-order valence-corrected chi connectivity index (χ3v) is 4.38. The highest BCUT2D eigenvalue weighted by Gasteiger charge is 2.29. The van der Waals surface area contributed by atoms with Crippen LogP contribution in [0.15, 0.2) is 35.7 Å². The molecule has 0 aliphatic carbocycles. The Morgan fingerprint density at radius 2 is 2.26 bits per heavy atom. The van der Waals surface area contributed by atoms with Crippen molar-refractivity contribution in [3.63, 3.8) is 0 Å². The summed E-state index contributed by atoms with van der Waals surface area (Å²) >= 11 is 1.44. The van der Waals surface area contributed by atoms with Gasteiger partial charge in [0.05, 0.1) is 4.88 Å². The van der Waals surface area contributed by atoms with E-state index in [0.29, 0.717) is 0 Å². The molecule has 1 amide bonds. The van der Waals surface area contributed by atoms with Crippen LogP contribution in [-0.4, -0.2) is 11.9 Å². The number of fused-ring (bicyclic) bond motifs is 1. The fourth-order valence-corrected chi connectivity index (χ4v) is 3.21. The van der Waals surface area contributed by atoms with E-state index < -0.39 is 0 Å². The second kappa shape index (κ2) is 4.78. The van der Waals surface area contributed by atoms with Crippen LogP contribution >= 0.6 is 11.3 Å². The maximum absolute atomic E-state index is 13.3. The van der Waals surface area contributed by atoms with Gasteiger partial charge in [0, 0.05) is 11.7 Å². The quantitative estimate of drug-likeness (QED) is 0.773. The summed E-state index contributed by atoms with van der Waals surface area (Å²) in [5.74, 6) is -0.230. The number of anilines is 1. The third kappa shape index (κ3) is 2.16. The highest BCUT2D eigenvalue weighted by Crippen LogP contribution is 2.33. The van der Waals surface area contributed by atoms with Crippen LogP contribution < -0.4 is 4.90 Å². The number of benzene rings is 1. The summed E-state index contributed by atoms with van der Waals surface area (Å²) in [5, 5.41) is 1.90. The molecule has 0 N–H and O–H groups in total. The van der Waals surface area contributed by atoms with Gasteiger partial charge in [-0.15, -0.1) is 11.3 Å². The van der Waals surface area contributed by atoms with E-state index in [1.54, 1.807) is 11.0 Å². The predicted octanol–water partition coefficient (Wildman–Crippen LogP) is 3.87. The SMILES string of the molecule is C[C@H]1CCc2cc(F)ccc2N1C(=O)c1cccs1. The average molecular weight is 275 g/mol. The summed E-state index contributed by atoms with van der Waals surface area (Å²) in [6.07, 6.45) is 1.69. The molecule has 0 unspecified atom stereocenters. The molecule has 1 aromatic heterocycles. The lowest BCUT2D eigenvalue weighted by atomic mass is 9.96. The zero-order valence-corrected chi connectivity index (χ0v) is 11.4. The largest absolute Gasteiger partial charge is 0.305 e. The van der Waals surface area contributed by atoms with Gasteiger partial charge >= 0.3 is 0 Å². The molecule has 0 spiro atoms. The first-order valence-electron chi connectivity index (χ1n) is 6.32. The van der Waals surface area contributed by atoms with Gasteiger partial charge in [0.15, 0.2) is 0 Å². The minimum Gasteiger partial charge on any atom is -0.305 e. The maximum atomic E-state index is 13.3. The molecule has 1 aromatic carbocycles. The van der Waals surface area contributed by atoms with Crippen LogP contribution in [0.2, 0.25) is 0 Å². The normalized spacial score (nSPS) is 18.2. The number of halogens is 1. The Bertz CT molecular complexity index is 609. The fourth-order valence-electron chi connectivity index (χ4n) is 2.55. The standard InChI is InChI=1S/C15H14FNOS/c1-10-4-5-11-9-12(16)6-7-13(11)17(10)15(18)14-3-2-8-19-14/h2-3,6-10H,4-5H2,1H3/t10-/m0/s1. The Kier molecular flexibility index (Phi) is 3.11. The van der Waals surface area contributed by atoms with E-state index in [1.165, 1.54) is 23.5 Å². The number of thiophene rings is 1. The number of hydrogen-bond acceptors (Lipinski definition) is 2. The smallest absolute Gasteiger partial charge is 0.268 e. The predicted molar refractivity (Wildman–Crippen MR) is 75.3 cm³/mol. The Morgan fingerprint density at radius 3 is 3.00 bits per heavy atom. The topological polar surface area (TPSA) is 20.3 Å². The van der Waals surface area contributed by atoms with E-state index in [1.807, 2.05) is 24.4 Å². The Balaban J connectivity index is 2.04. The van der Waals surface area contributed by atoms with E-state index in [2.05, 4.69) is 0 Å². The molecule has 0 saturated carbocycles. The molecule has 19 heavy (non-hydrogen) atoms. The summed E-state index contributed by atoms with van der Waals surface area (Å²) in [5.41, 5.74) is 1.77. The molecule has 1 aliphatic rings. The van der Waals surface area contributed by atoms with Crippen LogP contribution in [0.4, 0.5) is 10.1 Å². The van der Waals surface area contributed by atoms with E-state index in [4.69, 9.17) is 0 Å². The highest BCUT2D eigenvalue weighted by atomic mass is 32.1. The molecule has 0 bridgehead atoms. The number of carbonyl (C=O) groups is 1. The molecule has 1 atom stereocenters. The van der Waals surface area contributed by atoms with Crippen LogP contribution in [0.25, 0.3) is 0 Å². The van der Waals surface area contributed by atoms with Crippen molar-refractivity contribution in [2.24, 2.45) is 0 Å². The van der Waals surface area contributed by atoms with E-state index in [9.17, 15) is 9.18 Å². The van der Waals surface area contributed by atoms with Crippen molar-refractivity contribution in [2.75, 3.05) is 4.90 Å². The summed E-state index contributed by atoms with van der Waals surface area (Å²) in [6.45, 7) is 2.04. The number of hydrogen-bond donors (Lipinski definition) is 0. The number of amides is 1. The minimum atomic E-state index is -0.239. The second-order valence-electron chi connectivity index (χ2n) is 4.81. The number of aryl methyl sites for hydroxylation is 1. The molecule has 0 saturated heterocycles. The van der Waals surface area contributed by atoms with Crippen molar-refractivity contribution in [3.8, 4) is 0 Å². The Morgan fingerprint density at radius 1 is 1.42 bits per heavy atom. The summed E-state index contributed by atoms with van der Waals surface area (Å²) in [6, 6.07) is 8.52. The number of nitrogens with zero attached hydrogens (tertiary/aromatic N) is 1. The summed E-state index contributed by atoms with van der Waals surface area (Å²) < 4.78 is 13.3. The summed E-state index contributed by atoms with van der Waals surface area (Å²) in [7, 11) is 0. The highest BCUT2D eigenvalue weighted by molar-refractivity contribution is 7.12. The molecule has 4 heteroatoms. The van der Waals surface area contributed by atoms with Gasteiger partial charge in [-0.3, -0.25) is 4.79 Å². The molecule has 2 nitrogen and oxygen atoms in total. The maximum Gasteiger partial charge on any atom is 0.268 e. The average Bonchev–Trinajstić information content (AvgIpc) is 2.92. The first-order chi connectivity index (χ1) is 9.16. The van der Waals surface area contributed by atoms with Crippen molar-refractivity contribution >= 4 is 22.9 Å². The lowest BCUT2D eigenvalue weighted by Crippen LogP contribution is -2.41. The molecule has 98 valence electrons. The second-order valence-corrected chi connectivity index (χ2v) is 5.76.